The van der Waals surface area contributed by atoms with Crippen molar-refractivity contribution in [2.75, 3.05) is 0 Å². The third-order valence-electron chi connectivity index (χ3n) is 2.38. The van der Waals surface area contributed by atoms with E-state index in [4.69, 9.17) is 0 Å². The van der Waals surface area contributed by atoms with Crippen molar-refractivity contribution in [1.29, 1.82) is 0 Å². The fraction of sp³-hybridized carbons (Fsp3) is 0.167. The predicted molar refractivity (Wildman–Crippen MR) is 67.2 cm³/mol. The van der Waals surface area contributed by atoms with Crippen LogP contribution in [-0.4, -0.2) is 5.11 Å². The van der Waals surface area contributed by atoms with Crippen molar-refractivity contribution >= 4 is 27.3 Å². The number of hydrogen-bond donors (Lipinski definition) is 1. The Morgan fingerprint density at radius 2 is 1.94 bits per heavy atom. The molecule has 0 aliphatic carbocycles. The Hall–Kier alpha value is -0.780. The van der Waals surface area contributed by atoms with Crippen LogP contribution >= 0.6 is 27.3 Å². The van der Waals surface area contributed by atoms with Gasteiger partial charge in [-0.2, -0.15) is 0 Å². The van der Waals surface area contributed by atoms with Crippen molar-refractivity contribution < 1.29 is 13.9 Å². The number of aliphatic hydroxyl groups excluding tert-OH is 1. The van der Waals surface area contributed by atoms with Crippen molar-refractivity contribution in [3.63, 3.8) is 0 Å². The summed E-state index contributed by atoms with van der Waals surface area (Å²) in [6.07, 6.45) is -1.27. The molecule has 0 bridgehead atoms. The SMILES string of the molecule is Cc1ccc(C(O)c2c(F)ccc(Br)c2F)s1. The van der Waals surface area contributed by atoms with Gasteiger partial charge in [0.2, 0.25) is 0 Å². The fourth-order valence-corrected chi connectivity index (χ4v) is 2.76. The first kappa shape index (κ1) is 12.7. The number of thiophene rings is 1. The lowest BCUT2D eigenvalue weighted by molar-refractivity contribution is 0.212. The van der Waals surface area contributed by atoms with Crippen LogP contribution in [0.2, 0.25) is 0 Å². The molecule has 0 saturated heterocycles. The predicted octanol–water partition coefficient (Wildman–Crippen LogP) is 4.18. The maximum absolute atomic E-state index is 13.8. The van der Waals surface area contributed by atoms with Gasteiger partial charge in [0.05, 0.1) is 10.0 Å². The molecule has 1 heterocycles. The van der Waals surface area contributed by atoms with Crippen molar-refractivity contribution in [3.8, 4) is 0 Å². The summed E-state index contributed by atoms with van der Waals surface area (Å²) < 4.78 is 27.5. The van der Waals surface area contributed by atoms with Gasteiger partial charge in [-0.05, 0) is 47.1 Å². The van der Waals surface area contributed by atoms with Crippen LogP contribution in [0.5, 0.6) is 0 Å². The zero-order valence-corrected chi connectivity index (χ0v) is 11.3. The Bertz CT molecular complexity index is 553. The summed E-state index contributed by atoms with van der Waals surface area (Å²) in [4.78, 5) is 1.51. The second kappa shape index (κ2) is 4.84. The van der Waals surface area contributed by atoms with Crippen LogP contribution in [-0.2, 0) is 0 Å². The van der Waals surface area contributed by atoms with Crippen LogP contribution in [0, 0.1) is 18.6 Å². The number of rotatable bonds is 2. The van der Waals surface area contributed by atoms with E-state index in [-0.39, 0.29) is 10.0 Å². The Morgan fingerprint density at radius 1 is 1.24 bits per heavy atom. The van der Waals surface area contributed by atoms with Gasteiger partial charge in [-0.15, -0.1) is 11.3 Å². The maximum atomic E-state index is 13.8. The normalized spacial score (nSPS) is 12.8. The Labute approximate surface area is 110 Å². The molecule has 0 spiro atoms. The van der Waals surface area contributed by atoms with E-state index in [0.29, 0.717) is 4.88 Å². The third kappa shape index (κ3) is 2.41. The maximum Gasteiger partial charge on any atom is 0.146 e. The highest BCUT2D eigenvalue weighted by Crippen LogP contribution is 2.33. The van der Waals surface area contributed by atoms with Gasteiger partial charge in [-0.1, -0.05) is 0 Å². The first-order valence-corrected chi connectivity index (χ1v) is 6.49. The molecule has 2 rings (SSSR count). The van der Waals surface area contributed by atoms with Crippen molar-refractivity contribution in [2.45, 2.75) is 13.0 Å². The minimum absolute atomic E-state index is 0.140. The molecule has 0 saturated carbocycles. The summed E-state index contributed by atoms with van der Waals surface area (Å²) in [5.41, 5.74) is -0.318. The highest BCUT2D eigenvalue weighted by atomic mass is 79.9. The number of hydrogen-bond acceptors (Lipinski definition) is 2. The average Bonchev–Trinajstić information content (AvgIpc) is 2.71. The highest BCUT2D eigenvalue weighted by Gasteiger charge is 2.22. The molecule has 17 heavy (non-hydrogen) atoms. The number of aliphatic hydroxyl groups is 1. The van der Waals surface area contributed by atoms with Crippen LogP contribution in [0.1, 0.15) is 21.4 Å². The van der Waals surface area contributed by atoms with Crippen LogP contribution in [0.15, 0.2) is 28.7 Å². The van der Waals surface area contributed by atoms with Crippen molar-refractivity contribution in [2.24, 2.45) is 0 Å². The molecule has 5 heteroatoms. The van der Waals surface area contributed by atoms with Crippen molar-refractivity contribution in [3.05, 3.63) is 55.7 Å². The molecule has 0 aliphatic rings. The third-order valence-corrected chi connectivity index (χ3v) is 4.05. The number of halogens is 3. The van der Waals surface area contributed by atoms with Gasteiger partial charge in [0.15, 0.2) is 0 Å². The Morgan fingerprint density at radius 3 is 2.53 bits per heavy atom. The standard InChI is InChI=1S/C12H9BrF2OS/c1-6-2-5-9(17-6)12(16)10-8(14)4-3-7(13)11(10)15/h2-5,12,16H,1H3. The molecule has 2 aromatic rings. The van der Waals surface area contributed by atoms with Crippen LogP contribution < -0.4 is 0 Å². The molecule has 0 radical (unpaired) electrons. The first-order chi connectivity index (χ1) is 8.00. The summed E-state index contributed by atoms with van der Waals surface area (Å²) in [5.74, 6) is -1.51. The summed E-state index contributed by atoms with van der Waals surface area (Å²) in [7, 11) is 0. The molecule has 0 fully saturated rings. The molecular formula is C12H9BrF2OS. The average molecular weight is 319 g/mol. The molecule has 0 amide bonds. The molecule has 0 aliphatic heterocycles. The zero-order chi connectivity index (χ0) is 12.6. The van der Waals surface area contributed by atoms with E-state index in [0.717, 1.165) is 10.9 Å². The summed E-state index contributed by atoms with van der Waals surface area (Å²) in [6, 6.07) is 5.88. The molecule has 1 aromatic heterocycles. The van der Waals surface area contributed by atoms with Gasteiger partial charge >= 0.3 is 0 Å². The van der Waals surface area contributed by atoms with Gasteiger partial charge in [0.1, 0.15) is 17.7 Å². The van der Waals surface area contributed by atoms with Gasteiger partial charge in [-0.25, -0.2) is 8.78 Å². The van der Waals surface area contributed by atoms with E-state index in [1.165, 1.54) is 17.4 Å². The first-order valence-electron chi connectivity index (χ1n) is 4.88. The van der Waals surface area contributed by atoms with E-state index in [9.17, 15) is 13.9 Å². The lowest BCUT2D eigenvalue weighted by Gasteiger charge is -2.12. The minimum Gasteiger partial charge on any atom is -0.383 e. The van der Waals surface area contributed by atoms with E-state index in [2.05, 4.69) is 15.9 Å². The van der Waals surface area contributed by atoms with Gasteiger partial charge < -0.3 is 5.11 Å². The Kier molecular flexibility index (Phi) is 3.61. The van der Waals surface area contributed by atoms with Crippen LogP contribution in [0.3, 0.4) is 0 Å². The number of benzene rings is 1. The lowest BCUT2D eigenvalue weighted by atomic mass is 10.1. The zero-order valence-electron chi connectivity index (χ0n) is 8.88. The van der Waals surface area contributed by atoms with Gasteiger partial charge in [0.25, 0.3) is 0 Å². The van der Waals surface area contributed by atoms with Crippen LogP contribution in [0.25, 0.3) is 0 Å². The van der Waals surface area contributed by atoms with E-state index in [1.54, 1.807) is 12.1 Å². The molecule has 1 atom stereocenters. The molecule has 1 nitrogen and oxygen atoms in total. The molecular weight excluding hydrogens is 310 g/mol. The second-order valence-electron chi connectivity index (χ2n) is 3.61. The van der Waals surface area contributed by atoms with E-state index >= 15 is 0 Å². The van der Waals surface area contributed by atoms with Gasteiger partial charge in [-0.3, -0.25) is 0 Å². The summed E-state index contributed by atoms with van der Waals surface area (Å²) >= 11 is 4.29. The molecule has 1 N–H and O–H groups in total. The fourth-order valence-electron chi connectivity index (χ4n) is 1.54. The smallest absolute Gasteiger partial charge is 0.146 e. The molecule has 90 valence electrons. The monoisotopic (exact) mass is 318 g/mol. The molecule has 1 unspecified atom stereocenters. The van der Waals surface area contributed by atoms with E-state index in [1.807, 2.05) is 6.92 Å². The topological polar surface area (TPSA) is 20.2 Å². The molecule has 1 aromatic carbocycles. The van der Waals surface area contributed by atoms with Crippen LogP contribution in [0.4, 0.5) is 8.78 Å². The minimum atomic E-state index is -1.27. The van der Waals surface area contributed by atoms with Crippen molar-refractivity contribution in [1.82, 2.24) is 0 Å². The second-order valence-corrected chi connectivity index (χ2v) is 5.78. The summed E-state index contributed by atoms with van der Waals surface area (Å²) in [6.45, 7) is 1.87. The highest BCUT2D eigenvalue weighted by molar-refractivity contribution is 9.10. The number of aryl methyl sites for hydroxylation is 1. The quantitative estimate of drug-likeness (QED) is 0.824. The van der Waals surface area contributed by atoms with E-state index < -0.39 is 17.7 Å². The lowest BCUT2D eigenvalue weighted by Crippen LogP contribution is -2.04. The Balaban J connectivity index is 2.50. The summed E-state index contributed by atoms with van der Waals surface area (Å²) in [5, 5.41) is 10.0. The van der Waals surface area contributed by atoms with Gasteiger partial charge in [0, 0.05) is 9.75 Å². The largest absolute Gasteiger partial charge is 0.383 e.